The number of hydrogen-bond acceptors (Lipinski definition) is 2. The molecule has 0 bridgehead atoms. The van der Waals surface area contributed by atoms with Crippen LogP contribution >= 0.6 is 0 Å². The van der Waals surface area contributed by atoms with Gasteiger partial charge in [0.25, 0.3) is 5.91 Å². The second kappa shape index (κ2) is 9.13. The molecule has 4 nitrogen and oxygen atoms in total. The predicted molar refractivity (Wildman–Crippen MR) is 78.9 cm³/mol. The minimum Gasteiger partial charge on any atom is -0.481 e. The number of carbonyl (C=O) groups is 2. The molecule has 0 spiro atoms. The molecule has 110 valence electrons. The second-order valence-electron chi connectivity index (χ2n) is 4.82. The maximum absolute atomic E-state index is 12.0. The Morgan fingerprint density at radius 1 is 1.10 bits per heavy atom. The minimum absolute atomic E-state index is 0.0204. The third kappa shape index (κ3) is 5.87. The summed E-state index contributed by atoms with van der Waals surface area (Å²) in [4.78, 5) is 22.4. The van der Waals surface area contributed by atoms with Gasteiger partial charge in [-0.1, -0.05) is 38.0 Å². The van der Waals surface area contributed by atoms with E-state index in [-0.39, 0.29) is 12.3 Å². The van der Waals surface area contributed by atoms with E-state index in [0.29, 0.717) is 13.0 Å². The first kappa shape index (κ1) is 16.2. The molecule has 0 heterocycles. The van der Waals surface area contributed by atoms with Gasteiger partial charge >= 0.3 is 5.97 Å². The number of unbranched alkanes of at least 4 members (excludes halogenated alkanes) is 3. The van der Waals surface area contributed by atoms with Crippen LogP contribution < -0.4 is 5.32 Å². The molecule has 1 aromatic carbocycles. The molecule has 0 unspecified atom stereocenters. The van der Waals surface area contributed by atoms with Gasteiger partial charge < -0.3 is 10.4 Å². The van der Waals surface area contributed by atoms with Crippen LogP contribution in [-0.2, 0) is 11.2 Å². The highest BCUT2D eigenvalue weighted by atomic mass is 16.4. The van der Waals surface area contributed by atoms with Gasteiger partial charge in [-0.15, -0.1) is 0 Å². The molecule has 0 atom stereocenters. The zero-order valence-corrected chi connectivity index (χ0v) is 12.0. The first-order valence-corrected chi connectivity index (χ1v) is 7.23. The van der Waals surface area contributed by atoms with Crippen molar-refractivity contribution >= 4 is 11.9 Å². The Balaban J connectivity index is 2.22. The van der Waals surface area contributed by atoms with Gasteiger partial charge in [0.1, 0.15) is 0 Å². The Labute approximate surface area is 120 Å². The molecule has 0 fully saturated rings. The molecule has 0 radical (unpaired) electrons. The topological polar surface area (TPSA) is 66.4 Å². The zero-order valence-electron chi connectivity index (χ0n) is 12.0. The normalized spacial score (nSPS) is 10.2. The van der Waals surface area contributed by atoms with Crippen LogP contribution in [0.15, 0.2) is 24.3 Å². The van der Waals surface area contributed by atoms with Crippen molar-refractivity contribution in [2.24, 2.45) is 0 Å². The number of hydrogen-bond donors (Lipinski definition) is 2. The number of nitrogens with one attached hydrogen (secondary N) is 1. The van der Waals surface area contributed by atoms with Gasteiger partial charge in [-0.3, -0.25) is 9.59 Å². The molecule has 20 heavy (non-hydrogen) atoms. The van der Waals surface area contributed by atoms with Crippen molar-refractivity contribution in [1.82, 2.24) is 5.32 Å². The van der Waals surface area contributed by atoms with Crippen LogP contribution in [0.5, 0.6) is 0 Å². The quantitative estimate of drug-likeness (QED) is 0.682. The molecule has 0 saturated carbocycles. The number of aliphatic carboxylic acids is 1. The number of benzene rings is 1. The second-order valence-corrected chi connectivity index (χ2v) is 4.82. The van der Waals surface area contributed by atoms with E-state index in [1.165, 1.54) is 0 Å². The van der Waals surface area contributed by atoms with Crippen molar-refractivity contribution in [3.63, 3.8) is 0 Å². The van der Waals surface area contributed by atoms with E-state index in [0.717, 1.165) is 36.8 Å². The molecule has 2 N–H and O–H groups in total. The van der Waals surface area contributed by atoms with Gasteiger partial charge in [0.2, 0.25) is 0 Å². The van der Waals surface area contributed by atoms with Crippen LogP contribution in [0, 0.1) is 0 Å². The zero-order chi connectivity index (χ0) is 14.8. The summed E-state index contributed by atoms with van der Waals surface area (Å²) in [5.41, 5.74) is 1.81. The summed E-state index contributed by atoms with van der Waals surface area (Å²) in [5.74, 6) is -0.762. The predicted octanol–water partition coefficient (Wildman–Crippen LogP) is 3.01. The van der Waals surface area contributed by atoms with Gasteiger partial charge in [-0.25, -0.2) is 0 Å². The molecule has 0 aliphatic rings. The fourth-order valence-corrected chi connectivity index (χ4v) is 2.10. The molecule has 1 aromatic rings. The molecule has 0 saturated heterocycles. The highest BCUT2D eigenvalue weighted by Crippen LogP contribution is 2.09. The van der Waals surface area contributed by atoms with Gasteiger partial charge in [0.15, 0.2) is 0 Å². The largest absolute Gasteiger partial charge is 0.481 e. The Morgan fingerprint density at radius 2 is 1.80 bits per heavy atom. The Hall–Kier alpha value is -1.84. The molecular weight excluding hydrogens is 254 g/mol. The van der Waals surface area contributed by atoms with Crippen LogP contribution in [-0.4, -0.2) is 23.5 Å². The summed E-state index contributed by atoms with van der Waals surface area (Å²) in [5, 5.41) is 11.4. The Morgan fingerprint density at radius 3 is 2.50 bits per heavy atom. The van der Waals surface area contributed by atoms with Crippen molar-refractivity contribution in [2.75, 3.05) is 6.54 Å². The van der Waals surface area contributed by atoms with E-state index in [4.69, 9.17) is 5.11 Å². The highest BCUT2D eigenvalue weighted by molar-refractivity contribution is 5.95. The first-order valence-electron chi connectivity index (χ1n) is 7.23. The molecule has 0 aliphatic carbocycles. The van der Waals surface area contributed by atoms with Crippen molar-refractivity contribution in [3.8, 4) is 0 Å². The monoisotopic (exact) mass is 277 g/mol. The highest BCUT2D eigenvalue weighted by Gasteiger charge is 2.08. The Bertz CT molecular complexity index is 443. The van der Waals surface area contributed by atoms with Crippen LogP contribution in [0.25, 0.3) is 0 Å². The standard InChI is InChI=1S/C16H23NO3/c1-2-13-9-6-7-10-14(13)16(20)17-12-8-4-3-5-11-15(18)19/h6-7,9-10H,2-5,8,11-12H2,1H3,(H,17,20)(H,18,19). The SMILES string of the molecule is CCc1ccccc1C(=O)NCCCCCCC(=O)O. The van der Waals surface area contributed by atoms with Crippen LogP contribution in [0.2, 0.25) is 0 Å². The fraction of sp³-hybridized carbons (Fsp3) is 0.500. The maximum Gasteiger partial charge on any atom is 0.303 e. The van der Waals surface area contributed by atoms with E-state index in [9.17, 15) is 9.59 Å². The van der Waals surface area contributed by atoms with E-state index in [1.54, 1.807) is 0 Å². The van der Waals surface area contributed by atoms with Crippen molar-refractivity contribution in [3.05, 3.63) is 35.4 Å². The van der Waals surface area contributed by atoms with Crippen molar-refractivity contribution < 1.29 is 14.7 Å². The summed E-state index contributed by atoms with van der Waals surface area (Å²) in [7, 11) is 0. The number of carboxylic acids is 1. The smallest absolute Gasteiger partial charge is 0.303 e. The lowest BCUT2D eigenvalue weighted by molar-refractivity contribution is -0.137. The third-order valence-corrected chi connectivity index (χ3v) is 3.25. The third-order valence-electron chi connectivity index (χ3n) is 3.25. The first-order chi connectivity index (χ1) is 9.65. The van der Waals surface area contributed by atoms with Crippen molar-refractivity contribution in [2.45, 2.75) is 45.4 Å². The lowest BCUT2D eigenvalue weighted by Crippen LogP contribution is -2.25. The average Bonchev–Trinajstić information content (AvgIpc) is 2.45. The fourth-order valence-electron chi connectivity index (χ4n) is 2.10. The number of carboxylic acid groups (broad SMARTS) is 1. The number of amides is 1. The van der Waals surface area contributed by atoms with E-state index >= 15 is 0 Å². The van der Waals surface area contributed by atoms with Gasteiger partial charge in [-0.05, 0) is 30.9 Å². The van der Waals surface area contributed by atoms with Crippen molar-refractivity contribution in [1.29, 1.82) is 0 Å². The maximum atomic E-state index is 12.0. The van der Waals surface area contributed by atoms with Crippen LogP contribution in [0.1, 0.15) is 54.9 Å². The lowest BCUT2D eigenvalue weighted by atomic mass is 10.0. The minimum atomic E-state index is -0.741. The number of rotatable bonds is 9. The summed E-state index contributed by atoms with van der Waals surface area (Å²) in [6.45, 7) is 2.68. The Kier molecular flexibility index (Phi) is 7.40. The van der Waals surface area contributed by atoms with Gasteiger partial charge in [0, 0.05) is 18.5 Å². The summed E-state index contributed by atoms with van der Waals surface area (Å²) in [6, 6.07) is 7.64. The summed E-state index contributed by atoms with van der Waals surface area (Å²) < 4.78 is 0. The van der Waals surface area contributed by atoms with Crippen LogP contribution in [0.4, 0.5) is 0 Å². The van der Waals surface area contributed by atoms with E-state index < -0.39 is 5.97 Å². The molecule has 4 heteroatoms. The van der Waals surface area contributed by atoms with E-state index in [2.05, 4.69) is 5.32 Å². The number of carbonyl (C=O) groups excluding carboxylic acids is 1. The molecule has 1 rings (SSSR count). The number of aryl methyl sites for hydroxylation is 1. The van der Waals surface area contributed by atoms with Crippen LogP contribution in [0.3, 0.4) is 0 Å². The molecular formula is C16H23NO3. The molecule has 0 aliphatic heterocycles. The molecule has 1 amide bonds. The van der Waals surface area contributed by atoms with Gasteiger partial charge in [-0.2, -0.15) is 0 Å². The van der Waals surface area contributed by atoms with E-state index in [1.807, 2.05) is 31.2 Å². The summed E-state index contributed by atoms with van der Waals surface area (Å²) >= 11 is 0. The molecule has 0 aromatic heterocycles. The lowest BCUT2D eigenvalue weighted by Gasteiger charge is -2.08. The summed E-state index contributed by atoms with van der Waals surface area (Å²) in [6.07, 6.45) is 4.52. The van der Waals surface area contributed by atoms with Gasteiger partial charge in [0.05, 0.1) is 0 Å². The average molecular weight is 277 g/mol.